The summed E-state index contributed by atoms with van der Waals surface area (Å²) in [5.74, 6) is 0. The predicted molar refractivity (Wildman–Crippen MR) is 54.3 cm³/mol. The Kier molecular flexibility index (Phi) is 3.59. The zero-order chi connectivity index (χ0) is 8.81. The summed E-state index contributed by atoms with van der Waals surface area (Å²) in [5, 5.41) is 0. The van der Waals surface area contributed by atoms with Crippen molar-refractivity contribution >= 4 is 0 Å². The van der Waals surface area contributed by atoms with Crippen LogP contribution < -0.4 is 0 Å². The van der Waals surface area contributed by atoms with Crippen molar-refractivity contribution in [1.29, 1.82) is 0 Å². The van der Waals surface area contributed by atoms with Gasteiger partial charge in [-0.25, -0.2) is 0 Å². The maximum absolute atomic E-state index is 3.71. The smallest absolute Gasteiger partial charge is 0.0244 e. The Morgan fingerprint density at radius 3 is 2.25 bits per heavy atom. The number of rotatable bonds is 4. The molecule has 1 aromatic rings. The molecular weight excluding hydrogens is 144 g/mol. The summed E-state index contributed by atoms with van der Waals surface area (Å²) in [7, 11) is 0. The molecular formula is C12H16. The highest BCUT2D eigenvalue weighted by Crippen LogP contribution is 2.07. The van der Waals surface area contributed by atoms with E-state index >= 15 is 0 Å². The summed E-state index contributed by atoms with van der Waals surface area (Å²) >= 11 is 0. The van der Waals surface area contributed by atoms with E-state index in [9.17, 15) is 0 Å². The summed E-state index contributed by atoms with van der Waals surface area (Å²) in [6, 6.07) is 8.83. The Morgan fingerprint density at radius 1 is 1.17 bits per heavy atom. The molecule has 12 heavy (non-hydrogen) atoms. The summed E-state index contributed by atoms with van der Waals surface area (Å²) in [4.78, 5) is 0. The lowest BCUT2D eigenvalue weighted by atomic mass is 10.1. The van der Waals surface area contributed by atoms with Gasteiger partial charge in [0.15, 0.2) is 0 Å². The van der Waals surface area contributed by atoms with Crippen molar-refractivity contribution in [2.75, 3.05) is 0 Å². The second-order valence-corrected chi connectivity index (χ2v) is 3.00. The number of hydrogen-bond donors (Lipinski definition) is 0. The van der Waals surface area contributed by atoms with Crippen LogP contribution in [0.3, 0.4) is 0 Å². The molecule has 0 radical (unpaired) electrons. The van der Waals surface area contributed by atoms with E-state index in [4.69, 9.17) is 0 Å². The Bertz CT molecular complexity index is 231. The van der Waals surface area contributed by atoms with Gasteiger partial charge >= 0.3 is 0 Å². The van der Waals surface area contributed by atoms with Gasteiger partial charge in [-0.15, -0.1) is 6.58 Å². The zero-order valence-electron chi connectivity index (χ0n) is 7.72. The normalized spacial score (nSPS) is 9.75. The van der Waals surface area contributed by atoms with Gasteiger partial charge in [-0.1, -0.05) is 37.3 Å². The summed E-state index contributed by atoms with van der Waals surface area (Å²) in [6.07, 6.45) is 5.29. The first-order chi connectivity index (χ1) is 5.86. The largest absolute Gasteiger partial charge is 0.103 e. The molecule has 0 nitrogen and oxygen atoms in total. The van der Waals surface area contributed by atoms with Crippen LogP contribution in [0.25, 0.3) is 0 Å². The molecule has 0 heterocycles. The van der Waals surface area contributed by atoms with Crippen molar-refractivity contribution in [3.63, 3.8) is 0 Å². The molecule has 1 aromatic carbocycles. The molecule has 0 aliphatic rings. The number of aryl methyl sites for hydroxylation is 2. The number of allylic oxidation sites excluding steroid dienone is 1. The summed E-state index contributed by atoms with van der Waals surface area (Å²) in [6.45, 7) is 5.89. The number of benzene rings is 1. The molecule has 0 heteroatoms. The van der Waals surface area contributed by atoms with Crippen molar-refractivity contribution in [3.05, 3.63) is 48.0 Å². The van der Waals surface area contributed by atoms with Crippen LogP contribution in [0.2, 0.25) is 0 Å². The van der Waals surface area contributed by atoms with Crippen LogP contribution in [0, 0.1) is 0 Å². The maximum Gasteiger partial charge on any atom is -0.0244 e. The highest BCUT2D eigenvalue weighted by atomic mass is 14.0. The number of hydrogen-bond acceptors (Lipinski definition) is 0. The van der Waals surface area contributed by atoms with Crippen molar-refractivity contribution in [1.82, 2.24) is 0 Å². The van der Waals surface area contributed by atoms with E-state index in [0.717, 1.165) is 19.3 Å². The van der Waals surface area contributed by atoms with Gasteiger partial charge in [0, 0.05) is 0 Å². The van der Waals surface area contributed by atoms with Gasteiger partial charge < -0.3 is 0 Å². The fourth-order valence-electron chi connectivity index (χ4n) is 1.21. The Labute approximate surface area is 74.9 Å². The van der Waals surface area contributed by atoms with Gasteiger partial charge in [-0.05, 0) is 30.4 Å². The van der Waals surface area contributed by atoms with Crippen molar-refractivity contribution in [2.45, 2.75) is 26.2 Å². The van der Waals surface area contributed by atoms with Gasteiger partial charge in [-0.2, -0.15) is 0 Å². The van der Waals surface area contributed by atoms with E-state index in [-0.39, 0.29) is 0 Å². The van der Waals surface area contributed by atoms with Crippen molar-refractivity contribution in [2.24, 2.45) is 0 Å². The van der Waals surface area contributed by atoms with Gasteiger partial charge in [0.05, 0.1) is 0 Å². The molecule has 0 fully saturated rings. The molecule has 0 atom stereocenters. The van der Waals surface area contributed by atoms with Gasteiger partial charge in [0.1, 0.15) is 0 Å². The van der Waals surface area contributed by atoms with E-state index in [0.29, 0.717) is 0 Å². The van der Waals surface area contributed by atoms with Gasteiger partial charge in [0.25, 0.3) is 0 Å². The highest BCUT2D eigenvalue weighted by molar-refractivity contribution is 5.22. The van der Waals surface area contributed by atoms with Crippen LogP contribution in [0.4, 0.5) is 0 Å². The molecule has 0 saturated heterocycles. The molecule has 0 aromatic heterocycles. The predicted octanol–water partition coefficient (Wildman–Crippen LogP) is 3.37. The Hall–Kier alpha value is -1.04. The Balaban J connectivity index is 2.58. The van der Waals surface area contributed by atoms with Crippen LogP contribution in [-0.2, 0) is 12.8 Å². The van der Waals surface area contributed by atoms with E-state index in [1.165, 1.54) is 11.1 Å². The lowest BCUT2D eigenvalue weighted by Crippen LogP contribution is -1.84. The van der Waals surface area contributed by atoms with E-state index in [1.54, 1.807) is 0 Å². The zero-order valence-corrected chi connectivity index (χ0v) is 7.72. The SMILES string of the molecule is C=CCCc1ccc(CC)cc1. The van der Waals surface area contributed by atoms with Crippen LogP contribution in [0.1, 0.15) is 24.5 Å². The minimum Gasteiger partial charge on any atom is -0.103 e. The Morgan fingerprint density at radius 2 is 1.75 bits per heavy atom. The van der Waals surface area contributed by atoms with E-state index in [1.807, 2.05) is 6.08 Å². The fourth-order valence-corrected chi connectivity index (χ4v) is 1.21. The van der Waals surface area contributed by atoms with Crippen molar-refractivity contribution < 1.29 is 0 Å². The molecule has 0 bridgehead atoms. The molecule has 0 saturated carbocycles. The molecule has 1 rings (SSSR count). The third kappa shape index (κ3) is 2.54. The summed E-state index contributed by atoms with van der Waals surface area (Å²) in [5.41, 5.74) is 2.82. The van der Waals surface area contributed by atoms with Crippen LogP contribution >= 0.6 is 0 Å². The van der Waals surface area contributed by atoms with Crippen LogP contribution in [0.15, 0.2) is 36.9 Å². The highest BCUT2D eigenvalue weighted by Gasteiger charge is 1.91. The molecule has 0 N–H and O–H groups in total. The third-order valence-electron chi connectivity index (χ3n) is 2.07. The van der Waals surface area contributed by atoms with E-state index < -0.39 is 0 Å². The monoisotopic (exact) mass is 160 g/mol. The lowest BCUT2D eigenvalue weighted by molar-refractivity contribution is 0.999. The quantitative estimate of drug-likeness (QED) is 0.592. The average Bonchev–Trinajstić information content (AvgIpc) is 2.15. The molecule has 0 spiro atoms. The van der Waals surface area contributed by atoms with Crippen molar-refractivity contribution in [3.8, 4) is 0 Å². The second kappa shape index (κ2) is 4.76. The maximum atomic E-state index is 3.71. The van der Waals surface area contributed by atoms with E-state index in [2.05, 4.69) is 37.8 Å². The van der Waals surface area contributed by atoms with Crippen LogP contribution in [-0.4, -0.2) is 0 Å². The van der Waals surface area contributed by atoms with Gasteiger partial charge in [-0.3, -0.25) is 0 Å². The first kappa shape index (κ1) is 9.05. The summed E-state index contributed by atoms with van der Waals surface area (Å²) < 4.78 is 0. The molecule has 0 aliphatic heterocycles. The van der Waals surface area contributed by atoms with Crippen LogP contribution in [0.5, 0.6) is 0 Å². The fraction of sp³-hybridized carbons (Fsp3) is 0.333. The first-order valence-corrected chi connectivity index (χ1v) is 4.55. The minimum absolute atomic E-state index is 1.07. The molecule has 64 valence electrons. The molecule has 0 amide bonds. The molecule has 0 aliphatic carbocycles. The average molecular weight is 160 g/mol. The topological polar surface area (TPSA) is 0 Å². The van der Waals surface area contributed by atoms with Gasteiger partial charge in [0.2, 0.25) is 0 Å². The molecule has 0 unspecified atom stereocenters. The minimum atomic E-state index is 1.07. The standard InChI is InChI=1S/C12H16/c1-3-5-6-12-9-7-11(4-2)8-10-12/h3,7-10H,1,4-6H2,2H3. The first-order valence-electron chi connectivity index (χ1n) is 4.55. The lowest BCUT2D eigenvalue weighted by Gasteiger charge is -1.99. The third-order valence-corrected chi connectivity index (χ3v) is 2.07. The second-order valence-electron chi connectivity index (χ2n) is 3.00.